The first-order valence-electron chi connectivity index (χ1n) is 6.65. The molecule has 1 heterocycles. The van der Waals surface area contributed by atoms with Crippen LogP contribution in [0.5, 0.6) is 0 Å². The molecule has 4 nitrogen and oxygen atoms in total. The maximum atomic E-state index is 13.8. The molecule has 110 valence electrons. The third-order valence-corrected chi connectivity index (χ3v) is 3.78. The number of ether oxygens (including phenoxy) is 1. The van der Waals surface area contributed by atoms with Crippen LogP contribution in [0.4, 0.5) is 4.39 Å². The first-order chi connectivity index (χ1) is 9.61. The summed E-state index contributed by atoms with van der Waals surface area (Å²) in [6.45, 7) is 4.34. The minimum absolute atomic E-state index is 0.0495. The van der Waals surface area contributed by atoms with Crippen LogP contribution >= 0.6 is 15.9 Å². The fourth-order valence-electron chi connectivity index (χ4n) is 2.16. The zero-order chi connectivity index (χ0) is 14.5. The van der Waals surface area contributed by atoms with Gasteiger partial charge in [0.05, 0.1) is 13.2 Å². The number of benzene rings is 1. The van der Waals surface area contributed by atoms with Crippen molar-refractivity contribution in [1.29, 1.82) is 0 Å². The van der Waals surface area contributed by atoms with Gasteiger partial charge in [-0.3, -0.25) is 4.79 Å². The molecule has 0 bridgehead atoms. The second-order valence-electron chi connectivity index (χ2n) is 4.67. The maximum Gasteiger partial charge on any atom is 0.242 e. The molecular formula is C14H18BrFN2O2. The van der Waals surface area contributed by atoms with Crippen LogP contribution in [0.3, 0.4) is 0 Å². The molecule has 6 heteroatoms. The minimum atomic E-state index is -0.334. The quantitative estimate of drug-likeness (QED) is 0.907. The highest BCUT2D eigenvalue weighted by atomic mass is 79.9. The van der Waals surface area contributed by atoms with Gasteiger partial charge in [0.2, 0.25) is 5.91 Å². The molecule has 0 spiro atoms. The Balaban J connectivity index is 2.07. The average molecular weight is 345 g/mol. The third kappa shape index (κ3) is 3.77. The van der Waals surface area contributed by atoms with Crippen molar-refractivity contribution in [1.82, 2.24) is 10.2 Å². The fourth-order valence-corrected chi connectivity index (χ4v) is 2.57. The molecule has 1 aliphatic heterocycles. The highest BCUT2D eigenvalue weighted by Gasteiger charge is 2.26. The zero-order valence-electron chi connectivity index (χ0n) is 11.4. The molecule has 0 saturated carbocycles. The largest absolute Gasteiger partial charge is 0.378 e. The van der Waals surface area contributed by atoms with Crippen molar-refractivity contribution in [3.05, 3.63) is 34.1 Å². The summed E-state index contributed by atoms with van der Waals surface area (Å²) in [7, 11) is 0. The molecular weight excluding hydrogens is 327 g/mol. The van der Waals surface area contributed by atoms with Gasteiger partial charge >= 0.3 is 0 Å². The standard InChI is InChI=1S/C14H18BrFN2O2/c1-2-18(14(19)13-9-20-6-5-17-13)8-10-7-11(15)3-4-12(10)16/h3-4,7,13,17H,2,5-6,8-9H2,1H3/t13-/m0/s1. The molecule has 1 aliphatic rings. The van der Waals surface area contributed by atoms with Gasteiger partial charge in [-0.25, -0.2) is 4.39 Å². The molecule has 0 unspecified atom stereocenters. The topological polar surface area (TPSA) is 41.6 Å². The summed E-state index contributed by atoms with van der Waals surface area (Å²) in [5.41, 5.74) is 0.506. The van der Waals surface area contributed by atoms with Crippen molar-refractivity contribution >= 4 is 21.8 Å². The Morgan fingerprint density at radius 2 is 2.40 bits per heavy atom. The molecule has 1 aromatic rings. The molecule has 1 saturated heterocycles. The maximum absolute atomic E-state index is 13.8. The van der Waals surface area contributed by atoms with Crippen LogP contribution in [0.25, 0.3) is 0 Å². The van der Waals surface area contributed by atoms with E-state index < -0.39 is 0 Å². The molecule has 0 aromatic heterocycles. The number of nitrogens with zero attached hydrogens (tertiary/aromatic N) is 1. The third-order valence-electron chi connectivity index (χ3n) is 3.28. The highest BCUT2D eigenvalue weighted by Crippen LogP contribution is 2.17. The average Bonchev–Trinajstić information content (AvgIpc) is 2.48. The molecule has 1 amide bonds. The number of morpholine rings is 1. The van der Waals surface area contributed by atoms with Gasteiger partial charge in [-0.1, -0.05) is 15.9 Å². The number of hydrogen-bond acceptors (Lipinski definition) is 3. The summed E-state index contributed by atoms with van der Waals surface area (Å²) < 4.78 is 19.9. The van der Waals surface area contributed by atoms with E-state index in [0.717, 1.165) is 4.47 Å². The van der Waals surface area contributed by atoms with E-state index in [2.05, 4.69) is 21.2 Å². The Morgan fingerprint density at radius 3 is 3.05 bits per heavy atom. The van der Waals surface area contributed by atoms with E-state index in [1.807, 2.05) is 6.92 Å². The first kappa shape index (κ1) is 15.4. The van der Waals surface area contributed by atoms with Crippen molar-refractivity contribution in [2.75, 3.05) is 26.3 Å². The molecule has 1 fully saturated rings. The van der Waals surface area contributed by atoms with Crippen molar-refractivity contribution in [2.45, 2.75) is 19.5 Å². The van der Waals surface area contributed by atoms with Crippen LogP contribution in [0.2, 0.25) is 0 Å². The monoisotopic (exact) mass is 344 g/mol. The molecule has 2 rings (SSSR count). The van der Waals surface area contributed by atoms with Crippen molar-refractivity contribution < 1.29 is 13.9 Å². The second kappa shape index (κ2) is 7.15. The second-order valence-corrected chi connectivity index (χ2v) is 5.59. The first-order valence-corrected chi connectivity index (χ1v) is 7.45. The van der Waals surface area contributed by atoms with E-state index in [-0.39, 0.29) is 24.3 Å². The summed E-state index contributed by atoms with van der Waals surface area (Å²) in [5.74, 6) is -0.348. The van der Waals surface area contributed by atoms with Crippen LogP contribution in [-0.2, 0) is 16.1 Å². The van der Waals surface area contributed by atoms with Gasteiger partial charge in [0.25, 0.3) is 0 Å². The Kier molecular flexibility index (Phi) is 5.51. The lowest BCUT2D eigenvalue weighted by molar-refractivity contribution is -0.136. The van der Waals surface area contributed by atoms with Crippen LogP contribution in [0.1, 0.15) is 12.5 Å². The van der Waals surface area contributed by atoms with E-state index in [4.69, 9.17) is 4.74 Å². The van der Waals surface area contributed by atoms with E-state index in [1.54, 1.807) is 17.0 Å². The van der Waals surface area contributed by atoms with Crippen LogP contribution < -0.4 is 5.32 Å². The minimum Gasteiger partial charge on any atom is -0.378 e. The van der Waals surface area contributed by atoms with E-state index in [9.17, 15) is 9.18 Å². The smallest absolute Gasteiger partial charge is 0.242 e. The Bertz CT molecular complexity index is 478. The molecule has 0 aliphatic carbocycles. The number of likely N-dealkylation sites (N-methyl/N-ethyl adjacent to an activating group) is 1. The summed E-state index contributed by atoms with van der Waals surface area (Å²) in [6, 6.07) is 4.42. The number of amides is 1. The predicted molar refractivity (Wildman–Crippen MR) is 77.8 cm³/mol. The number of hydrogen-bond donors (Lipinski definition) is 1. The highest BCUT2D eigenvalue weighted by molar-refractivity contribution is 9.10. The van der Waals surface area contributed by atoms with E-state index in [1.165, 1.54) is 6.07 Å². The van der Waals surface area contributed by atoms with E-state index in [0.29, 0.717) is 31.9 Å². The fraction of sp³-hybridized carbons (Fsp3) is 0.500. The van der Waals surface area contributed by atoms with E-state index >= 15 is 0 Å². The Hall–Kier alpha value is -0.980. The van der Waals surface area contributed by atoms with Gasteiger partial charge in [-0.05, 0) is 25.1 Å². The predicted octanol–water partition coefficient (Wildman–Crippen LogP) is 1.93. The summed E-state index contributed by atoms with van der Waals surface area (Å²) >= 11 is 3.32. The summed E-state index contributed by atoms with van der Waals surface area (Å²) in [6.07, 6.45) is 0. The number of carbonyl (C=O) groups excluding carboxylic acids is 1. The zero-order valence-corrected chi connectivity index (χ0v) is 13.0. The molecule has 1 atom stereocenters. The lowest BCUT2D eigenvalue weighted by atomic mass is 10.1. The number of halogens is 2. The van der Waals surface area contributed by atoms with Gasteiger partial charge in [-0.15, -0.1) is 0 Å². The van der Waals surface area contributed by atoms with Gasteiger partial charge in [0.1, 0.15) is 11.9 Å². The lowest BCUT2D eigenvalue weighted by Gasteiger charge is -2.29. The number of carbonyl (C=O) groups is 1. The van der Waals surface area contributed by atoms with Crippen LogP contribution in [-0.4, -0.2) is 43.2 Å². The van der Waals surface area contributed by atoms with Crippen molar-refractivity contribution in [3.8, 4) is 0 Å². The van der Waals surface area contributed by atoms with Gasteiger partial charge < -0.3 is 15.0 Å². The summed E-state index contributed by atoms with van der Waals surface area (Å²) in [5, 5.41) is 3.13. The van der Waals surface area contributed by atoms with Crippen molar-refractivity contribution in [3.63, 3.8) is 0 Å². The SMILES string of the molecule is CCN(Cc1cc(Br)ccc1F)C(=O)[C@@H]1COCCN1. The Labute approximate surface area is 126 Å². The van der Waals surface area contributed by atoms with Crippen molar-refractivity contribution in [2.24, 2.45) is 0 Å². The van der Waals surface area contributed by atoms with Gasteiger partial charge in [0, 0.05) is 29.7 Å². The molecule has 20 heavy (non-hydrogen) atoms. The van der Waals surface area contributed by atoms with Crippen LogP contribution in [0.15, 0.2) is 22.7 Å². The van der Waals surface area contributed by atoms with Gasteiger partial charge in [0.15, 0.2) is 0 Å². The lowest BCUT2D eigenvalue weighted by Crippen LogP contribution is -2.52. The normalized spacial score (nSPS) is 18.9. The van der Waals surface area contributed by atoms with Gasteiger partial charge in [-0.2, -0.15) is 0 Å². The molecule has 0 radical (unpaired) electrons. The number of nitrogens with one attached hydrogen (secondary N) is 1. The Morgan fingerprint density at radius 1 is 1.60 bits per heavy atom. The molecule has 1 N–H and O–H groups in total. The van der Waals surface area contributed by atoms with Crippen LogP contribution in [0, 0.1) is 5.82 Å². The summed E-state index contributed by atoms with van der Waals surface area (Å²) in [4.78, 5) is 14.0. The number of rotatable bonds is 4. The molecule has 1 aromatic carbocycles.